The molecule has 1 spiro atoms. The summed E-state index contributed by atoms with van der Waals surface area (Å²) in [6, 6.07) is 10.4. The van der Waals surface area contributed by atoms with E-state index in [9.17, 15) is 26.7 Å². The van der Waals surface area contributed by atoms with Crippen LogP contribution in [-0.4, -0.2) is 121 Å². The van der Waals surface area contributed by atoms with E-state index in [-0.39, 0.29) is 48.4 Å². The molecule has 3 heterocycles. The Morgan fingerprint density at radius 1 is 1.10 bits per heavy atom. The quantitative estimate of drug-likeness (QED) is 0.372. The first-order valence-electron chi connectivity index (χ1n) is 16.0. The standard InChI is InChI=1S/C32H46N4O10S2/c1-31(2,3)46-30(38)36(20-24(37)22-44-25-7-6-8-26(17-25)47(39,40)33-4)23-19-32(45-21-23)11-13-35(14-12-32)48(41,42)27-9-10-29-28(18-27)34(5)15-16-43-29/h6-10,17-18,23-24,33,37H,11-16,19-22H2,1-5H3/t23-,24+/m1/s1. The van der Waals surface area contributed by atoms with Gasteiger partial charge in [-0.1, -0.05) is 6.07 Å². The third kappa shape index (κ3) is 8.17. The van der Waals surface area contributed by atoms with Gasteiger partial charge in [-0.2, -0.15) is 4.31 Å². The zero-order chi connectivity index (χ0) is 34.9. The molecule has 0 bridgehead atoms. The predicted octanol–water partition coefficient (Wildman–Crippen LogP) is 2.41. The minimum atomic E-state index is -3.76. The summed E-state index contributed by atoms with van der Waals surface area (Å²) in [5.41, 5.74) is -0.686. The van der Waals surface area contributed by atoms with Crippen molar-refractivity contribution in [3.05, 3.63) is 42.5 Å². The number of carbonyl (C=O) groups is 1. The van der Waals surface area contributed by atoms with Crippen LogP contribution < -0.4 is 19.1 Å². The molecule has 3 aliphatic heterocycles. The molecule has 2 atom stereocenters. The molecule has 0 saturated carbocycles. The van der Waals surface area contributed by atoms with Gasteiger partial charge < -0.3 is 33.9 Å². The molecule has 5 rings (SSSR count). The molecule has 0 unspecified atom stereocenters. The van der Waals surface area contributed by atoms with E-state index in [0.717, 1.165) is 5.69 Å². The van der Waals surface area contributed by atoms with E-state index in [1.54, 1.807) is 45.0 Å². The van der Waals surface area contributed by atoms with Crippen LogP contribution >= 0.6 is 0 Å². The summed E-state index contributed by atoms with van der Waals surface area (Å²) < 4.78 is 78.7. The van der Waals surface area contributed by atoms with Gasteiger partial charge in [0.25, 0.3) is 0 Å². The van der Waals surface area contributed by atoms with Gasteiger partial charge in [0.2, 0.25) is 20.0 Å². The average molecular weight is 711 g/mol. The van der Waals surface area contributed by atoms with Crippen molar-refractivity contribution in [3.63, 3.8) is 0 Å². The number of carbonyl (C=O) groups excluding carboxylic acids is 1. The lowest BCUT2D eigenvalue weighted by Crippen LogP contribution is -2.50. The van der Waals surface area contributed by atoms with Crippen molar-refractivity contribution in [3.8, 4) is 11.5 Å². The Balaban J connectivity index is 1.23. The molecular weight excluding hydrogens is 665 g/mol. The monoisotopic (exact) mass is 710 g/mol. The van der Waals surface area contributed by atoms with Crippen molar-refractivity contribution in [1.29, 1.82) is 0 Å². The zero-order valence-corrected chi connectivity index (χ0v) is 29.7. The molecule has 2 fully saturated rings. The lowest BCUT2D eigenvalue weighted by Gasteiger charge is -2.38. The number of nitrogens with one attached hydrogen (secondary N) is 1. The molecule has 16 heteroatoms. The highest BCUT2D eigenvalue weighted by molar-refractivity contribution is 7.89. The number of hydrogen-bond acceptors (Lipinski definition) is 11. The molecule has 2 N–H and O–H groups in total. The average Bonchev–Trinajstić information content (AvgIpc) is 3.44. The lowest BCUT2D eigenvalue weighted by atomic mass is 9.88. The molecule has 48 heavy (non-hydrogen) atoms. The number of sulfonamides is 2. The van der Waals surface area contributed by atoms with Gasteiger partial charge in [0, 0.05) is 26.2 Å². The maximum Gasteiger partial charge on any atom is 0.410 e. The summed E-state index contributed by atoms with van der Waals surface area (Å²) in [5.74, 6) is 0.904. The second kappa shape index (κ2) is 14.0. The number of anilines is 1. The van der Waals surface area contributed by atoms with Crippen molar-refractivity contribution < 1.29 is 45.7 Å². The van der Waals surface area contributed by atoms with Crippen molar-refractivity contribution in [2.24, 2.45) is 0 Å². The van der Waals surface area contributed by atoms with E-state index in [2.05, 4.69) is 4.72 Å². The first-order valence-corrected chi connectivity index (χ1v) is 18.9. The Morgan fingerprint density at radius 2 is 1.83 bits per heavy atom. The van der Waals surface area contributed by atoms with E-state index in [0.29, 0.717) is 38.2 Å². The number of hydrogen-bond donors (Lipinski definition) is 2. The van der Waals surface area contributed by atoms with E-state index < -0.39 is 49.5 Å². The minimum Gasteiger partial charge on any atom is -0.491 e. The molecule has 0 aromatic heterocycles. The summed E-state index contributed by atoms with van der Waals surface area (Å²) in [4.78, 5) is 17.1. The third-order valence-electron chi connectivity index (χ3n) is 8.79. The Morgan fingerprint density at radius 3 is 2.52 bits per heavy atom. The van der Waals surface area contributed by atoms with Crippen LogP contribution in [0.25, 0.3) is 0 Å². The highest BCUT2D eigenvalue weighted by Crippen LogP contribution is 2.40. The summed E-state index contributed by atoms with van der Waals surface area (Å²) in [7, 11) is -4.23. The first kappa shape index (κ1) is 36.1. The number of amides is 1. The van der Waals surface area contributed by atoms with Gasteiger partial charge in [-0.05, 0) is 77.4 Å². The van der Waals surface area contributed by atoms with Crippen LogP contribution in [-0.2, 0) is 29.5 Å². The number of likely N-dealkylation sites (N-methyl/N-ethyl adjacent to an activating group) is 1. The molecular formula is C32H46N4O10S2. The van der Waals surface area contributed by atoms with Crippen LogP contribution in [0.3, 0.4) is 0 Å². The number of rotatable bonds is 10. The summed E-state index contributed by atoms with van der Waals surface area (Å²) in [6.07, 6.45) is -0.423. The predicted molar refractivity (Wildman–Crippen MR) is 177 cm³/mol. The molecule has 0 radical (unpaired) electrons. The maximum atomic E-state index is 13.6. The SMILES string of the molecule is CNS(=O)(=O)c1cccc(OC[C@@H](O)CN(C(=O)OC(C)(C)C)[C@H]2COC3(CCN(S(=O)(=O)c4ccc5c(c4)N(C)CCO5)CC3)C2)c1. The first-order chi connectivity index (χ1) is 22.5. The van der Waals surface area contributed by atoms with Gasteiger partial charge in [0.05, 0.1) is 46.8 Å². The smallest absolute Gasteiger partial charge is 0.410 e. The van der Waals surface area contributed by atoms with E-state index in [1.807, 2.05) is 11.9 Å². The Hall–Kier alpha value is -3.15. The van der Waals surface area contributed by atoms with Crippen molar-refractivity contribution in [2.75, 3.05) is 65.0 Å². The molecule has 2 aromatic carbocycles. The third-order valence-corrected chi connectivity index (χ3v) is 12.1. The number of piperidine rings is 1. The highest BCUT2D eigenvalue weighted by Gasteiger charge is 2.48. The molecule has 0 aliphatic carbocycles. The second-order valence-electron chi connectivity index (χ2n) is 13.4. The number of fused-ring (bicyclic) bond motifs is 1. The van der Waals surface area contributed by atoms with Crippen LogP contribution in [0.2, 0.25) is 0 Å². The van der Waals surface area contributed by atoms with E-state index >= 15 is 0 Å². The molecule has 266 valence electrons. The Labute approximate surface area is 283 Å². The van der Waals surface area contributed by atoms with Gasteiger partial charge in [0.1, 0.15) is 36.4 Å². The fraction of sp³-hybridized carbons (Fsp3) is 0.594. The van der Waals surface area contributed by atoms with Gasteiger partial charge in [-0.25, -0.2) is 26.4 Å². The summed E-state index contributed by atoms with van der Waals surface area (Å²) in [5, 5.41) is 11.0. The van der Waals surface area contributed by atoms with E-state index in [4.69, 9.17) is 18.9 Å². The topological polar surface area (TPSA) is 164 Å². The van der Waals surface area contributed by atoms with Gasteiger partial charge >= 0.3 is 6.09 Å². The maximum absolute atomic E-state index is 13.6. The van der Waals surface area contributed by atoms with Crippen molar-refractivity contribution in [1.82, 2.24) is 13.9 Å². The van der Waals surface area contributed by atoms with Crippen LogP contribution in [0.1, 0.15) is 40.0 Å². The largest absolute Gasteiger partial charge is 0.491 e. The molecule has 14 nitrogen and oxygen atoms in total. The van der Waals surface area contributed by atoms with Gasteiger partial charge in [0.15, 0.2) is 0 Å². The zero-order valence-electron chi connectivity index (χ0n) is 28.0. The van der Waals surface area contributed by atoms with Crippen LogP contribution in [0, 0.1) is 0 Å². The van der Waals surface area contributed by atoms with Gasteiger partial charge in [-0.3, -0.25) is 0 Å². The van der Waals surface area contributed by atoms with Gasteiger partial charge in [-0.15, -0.1) is 0 Å². The Kier molecular flexibility index (Phi) is 10.5. The molecule has 2 aromatic rings. The van der Waals surface area contributed by atoms with Crippen molar-refractivity contribution >= 4 is 31.8 Å². The fourth-order valence-electron chi connectivity index (χ4n) is 6.16. The molecule has 3 aliphatic rings. The minimum absolute atomic E-state index is 0.0181. The second-order valence-corrected chi connectivity index (χ2v) is 17.3. The molecule has 1 amide bonds. The normalized spacial score (nSPS) is 20.5. The summed E-state index contributed by atoms with van der Waals surface area (Å²) in [6.45, 7) is 6.85. The number of aliphatic hydroxyl groups is 1. The fourth-order valence-corrected chi connectivity index (χ4v) is 8.38. The van der Waals surface area contributed by atoms with Crippen molar-refractivity contribution in [2.45, 2.75) is 73.2 Å². The van der Waals surface area contributed by atoms with Crippen LogP contribution in [0.5, 0.6) is 11.5 Å². The summed E-state index contributed by atoms with van der Waals surface area (Å²) >= 11 is 0. The van der Waals surface area contributed by atoms with E-state index in [1.165, 1.54) is 34.5 Å². The highest BCUT2D eigenvalue weighted by atomic mass is 32.2. The van der Waals surface area contributed by atoms with Crippen LogP contribution in [0.15, 0.2) is 52.3 Å². The Bertz CT molecular complexity index is 1690. The number of aliphatic hydroxyl groups excluding tert-OH is 1. The number of benzene rings is 2. The number of nitrogens with zero attached hydrogens (tertiary/aromatic N) is 3. The van der Waals surface area contributed by atoms with Crippen LogP contribution in [0.4, 0.5) is 10.5 Å². The number of ether oxygens (including phenoxy) is 4. The molecule has 2 saturated heterocycles. The lowest BCUT2D eigenvalue weighted by molar-refractivity contribution is -0.0329.